The predicted octanol–water partition coefficient (Wildman–Crippen LogP) is 3.37. The number of hydrogen-bond donors (Lipinski definition) is 0. The molecule has 0 spiro atoms. The van der Waals surface area contributed by atoms with Gasteiger partial charge in [0.05, 0.1) is 0 Å². The minimum absolute atomic E-state index is 0.823. The van der Waals surface area contributed by atoms with Crippen molar-refractivity contribution in [3.63, 3.8) is 0 Å². The molecule has 1 aromatic rings. The van der Waals surface area contributed by atoms with Gasteiger partial charge in [-0.25, -0.2) is 0 Å². The van der Waals surface area contributed by atoms with Crippen LogP contribution in [-0.2, 0) is 0 Å². The van der Waals surface area contributed by atoms with Crippen molar-refractivity contribution >= 4 is 0 Å². The van der Waals surface area contributed by atoms with Crippen molar-refractivity contribution in [2.75, 3.05) is 0 Å². The highest BCUT2D eigenvalue weighted by atomic mass is 14.4. The van der Waals surface area contributed by atoms with Crippen LogP contribution in [0, 0.1) is 5.92 Å². The first kappa shape index (κ1) is 7.60. The summed E-state index contributed by atoms with van der Waals surface area (Å²) in [6.45, 7) is 3.77. The summed E-state index contributed by atoms with van der Waals surface area (Å²) in [4.78, 5) is 0. The van der Waals surface area contributed by atoms with Crippen molar-refractivity contribution in [2.45, 2.75) is 18.8 Å². The van der Waals surface area contributed by atoms with E-state index in [9.17, 15) is 0 Å². The van der Waals surface area contributed by atoms with E-state index >= 15 is 0 Å². The second-order valence-corrected chi connectivity index (χ2v) is 3.54. The Morgan fingerprint density at radius 1 is 1.33 bits per heavy atom. The van der Waals surface area contributed by atoms with Gasteiger partial charge in [0.25, 0.3) is 0 Å². The largest absolute Gasteiger partial charge is 0.103 e. The van der Waals surface area contributed by atoms with Crippen LogP contribution in [-0.4, -0.2) is 0 Å². The second kappa shape index (κ2) is 3.14. The smallest absolute Gasteiger partial charge is 0.0127 e. The average Bonchev–Trinajstić information content (AvgIpc) is 2.87. The monoisotopic (exact) mass is 158 g/mol. The zero-order valence-corrected chi connectivity index (χ0v) is 7.24. The van der Waals surface area contributed by atoms with Crippen molar-refractivity contribution in [3.8, 4) is 0 Å². The van der Waals surface area contributed by atoms with Crippen LogP contribution in [0.1, 0.15) is 24.3 Å². The van der Waals surface area contributed by atoms with E-state index in [1.54, 1.807) is 0 Å². The highest BCUT2D eigenvalue weighted by Crippen LogP contribution is 2.49. The zero-order valence-electron chi connectivity index (χ0n) is 7.24. The molecule has 0 heterocycles. The van der Waals surface area contributed by atoms with Gasteiger partial charge in [-0.1, -0.05) is 36.4 Å². The molecular formula is C12H14. The summed E-state index contributed by atoms with van der Waals surface area (Å²) >= 11 is 0. The molecule has 0 aromatic heterocycles. The molecule has 0 N–H and O–H groups in total. The molecule has 1 saturated carbocycles. The molecule has 62 valence electrons. The normalized spacial score (nSPS) is 26.7. The van der Waals surface area contributed by atoms with E-state index in [1.807, 2.05) is 6.08 Å². The van der Waals surface area contributed by atoms with Crippen molar-refractivity contribution in [1.82, 2.24) is 0 Å². The maximum atomic E-state index is 3.77. The Hall–Kier alpha value is -1.04. The van der Waals surface area contributed by atoms with Gasteiger partial charge < -0.3 is 0 Å². The Kier molecular flexibility index (Phi) is 1.99. The molecule has 1 aliphatic carbocycles. The molecule has 0 saturated heterocycles. The molecule has 12 heavy (non-hydrogen) atoms. The first-order valence-electron chi connectivity index (χ1n) is 4.57. The van der Waals surface area contributed by atoms with E-state index in [1.165, 1.54) is 18.4 Å². The van der Waals surface area contributed by atoms with Crippen LogP contribution < -0.4 is 0 Å². The summed E-state index contributed by atoms with van der Waals surface area (Å²) in [5, 5.41) is 0. The molecule has 0 aliphatic heterocycles. The fraction of sp³-hybridized carbons (Fsp3) is 0.333. The van der Waals surface area contributed by atoms with Gasteiger partial charge in [0.1, 0.15) is 0 Å². The van der Waals surface area contributed by atoms with Gasteiger partial charge in [0.15, 0.2) is 0 Å². The topological polar surface area (TPSA) is 0 Å². The number of allylic oxidation sites excluding steroid dienone is 1. The van der Waals surface area contributed by atoms with Gasteiger partial charge in [-0.3, -0.25) is 0 Å². The number of hydrogen-bond acceptors (Lipinski definition) is 0. The average molecular weight is 158 g/mol. The van der Waals surface area contributed by atoms with Crippen molar-refractivity contribution in [1.29, 1.82) is 0 Å². The lowest BCUT2D eigenvalue weighted by Gasteiger charge is -1.96. The van der Waals surface area contributed by atoms with Gasteiger partial charge >= 0.3 is 0 Å². The lowest BCUT2D eigenvalue weighted by atomic mass is 10.1. The predicted molar refractivity (Wildman–Crippen MR) is 52.1 cm³/mol. The fourth-order valence-corrected chi connectivity index (χ4v) is 1.83. The van der Waals surface area contributed by atoms with E-state index in [2.05, 4.69) is 36.9 Å². The Morgan fingerprint density at radius 2 is 2.08 bits per heavy atom. The Morgan fingerprint density at radius 3 is 2.75 bits per heavy atom. The Bertz CT molecular complexity index is 261. The maximum Gasteiger partial charge on any atom is -0.0127 e. The van der Waals surface area contributed by atoms with Crippen LogP contribution in [0.4, 0.5) is 0 Å². The molecule has 1 aromatic carbocycles. The van der Waals surface area contributed by atoms with Gasteiger partial charge in [0.2, 0.25) is 0 Å². The lowest BCUT2D eigenvalue weighted by Crippen LogP contribution is -1.80. The summed E-state index contributed by atoms with van der Waals surface area (Å²) in [6.07, 6.45) is 4.57. The summed E-state index contributed by atoms with van der Waals surface area (Å²) in [6, 6.07) is 10.8. The van der Waals surface area contributed by atoms with Crippen molar-refractivity contribution in [3.05, 3.63) is 48.6 Å². The van der Waals surface area contributed by atoms with Gasteiger partial charge in [-0.2, -0.15) is 0 Å². The molecule has 0 radical (unpaired) electrons. The number of rotatable bonds is 3. The minimum atomic E-state index is 0.823. The van der Waals surface area contributed by atoms with Gasteiger partial charge in [0, 0.05) is 0 Å². The van der Waals surface area contributed by atoms with Crippen LogP contribution in [0.2, 0.25) is 0 Å². The first-order valence-corrected chi connectivity index (χ1v) is 4.57. The first-order chi connectivity index (χ1) is 5.92. The highest BCUT2D eigenvalue weighted by Gasteiger charge is 2.36. The van der Waals surface area contributed by atoms with E-state index in [0.717, 1.165) is 11.8 Å². The molecule has 0 amide bonds. The third-order valence-corrected chi connectivity index (χ3v) is 2.62. The summed E-state index contributed by atoms with van der Waals surface area (Å²) < 4.78 is 0. The third kappa shape index (κ3) is 1.42. The van der Waals surface area contributed by atoms with Crippen LogP contribution in [0.15, 0.2) is 43.0 Å². The highest BCUT2D eigenvalue weighted by molar-refractivity contribution is 5.25. The molecule has 2 rings (SSSR count). The van der Waals surface area contributed by atoms with Crippen molar-refractivity contribution < 1.29 is 0 Å². The summed E-state index contributed by atoms with van der Waals surface area (Å²) in [7, 11) is 0. The molecule has 2 unspecified atom stereocenters. The standard InChI is InChI=1S/C12H14/c1-2-6-11-9-12(11)10-7-4-3-5-8-10/h2-5,7-8,11-12H,1,6,9H2. The summed E-state index contributed by atoms with van der Waals surface area (Å²) in [5.41, 5.74) is 1.50. The summed E-state index contributed by atoms with van der Waals surface area (Å²) in [5.74, 6) is 1.70. The molecule has 0 heteroatoms. The lowest BCUT2D eigenvalue weighted by molar-refractivity contribution is 0.821. The molecular weight excluding hydrogens is 144 g/mol. The van der Waals surface area contributed by atoms with Crippen LogP contribution >= 0.6 is 0 Å². The molecule has 2 atom stereocenters. The molecule has 0 nitrogen and oxygen atoms in total. The van der Waals surface area contributed by atoms with Crippen molar-refractivity contribution in [2.24, 2.45) is 5.92 Å². The minimum Gasteiger partial charge on any atom is -0.103 e. The zero-order chi connectivity index (χ0) is 8.39. The Balaban J connectivity index is 2.01. The van der Waals surface area contributed by atoms with E-state index in [4.69, 9.17) is 0 Å². The van der Waals surface area contributed by atoms with E-state index in [-0.39, 0.29) is 0 Å². The Labute approximate surface area is 73.9 Å². The third-order valence-electron chi connectivity index (χ3n) is 2.62. The van der Waals surface area contributed by atoms with E-state index in [0.29, 0.717) is 0 Å². The fourth-order valence-electron chi connectivity index (χ4n) is 1.83. The number of benzene rings is 1. The SMILES string of the molecule is C=CCC1CC1c1ccccc1. The maximum absolute atomic E-state index is 3.77. The van der Waals surface area contributed by atoms with Crippen LogP contribution in [0.3, 0.4) is 0 Å². The van der Waals surface area contributed by atoms with Crippen LogP contribution in [0.5, 0.6) is 0 Å². The quantitative estimate of drug-likeness (QED) is 0.592. The van der Waals surface area contributed by atoms with Gasteiger partial charge in [-0.05, 0) is 30.2 Å². The van der Waals surface area contributed by atoms with Crippen LogP contribution in [0.25, 0.3) is 0 Å². The molecule has 1 fully saturated rings. The molecule has 0 bridgehead atoms. The van der Waals surface area contributed by atoms with E-state index < -0.39 is 0 Å². The second-order valence-electron chi connectivity index (χ2n) is 3.54. The van der Waals surface area contributed by atoms with Gasteiger partial charge in [-0.15, -0.1) is 6.58 Å². The molecule has 1 aliphatic rings.